The van der Waals surface area contributed by atoms with Gasteiger partial charge in [0, 0.05) is 20.1 Å². The molecule has 0 radical (unpaired) electrons. The Morgan fingerprint density at radius 2 is 2.00 bits per heavy atom. The number of pyridine rings is 1. The molecule has 0 aliphatic carbocycles. The minimum Gasteiger partial charge on any atom is -0.323 e. The van der Waals surface area contributed by atoms with Crippen LogP contribution < -0.4 is 11.0 Å². The zero-order valence-corrected chi connectivity index (χ0v) is 17.6. The largest absolute Gasteiger partial charge is 0.331 e. The molecule has 1 aliphatic rings. The van der Waals surface area contributed by atoms with Gasteiger partial charge in [-0.25, -0.2) is 19.3 Å². The minimum absolute atomic E-state index is 0.257. The summed E-state index contributed by atoms with van der Waals surface area (Å²) in [6.45, 7) is 3.44. The zero-order valence-electron chi connectivity index (χ0n) is 17.6. The Morgan fingerprint density at radius 1 is 1.23 bits per heavy atom. The van der Waals surface area contributed by atoms with Crippen LogP contribution in [0.1, 0.15) is 18.4 Å². The first kappa shape index (κ1) is 19.2. The molecule has 11 nitrogen and oxygen atoms in total. The highest BCUT2D eigenvalue weighted by Crippen LogP contribution is 2.31. The molecule has 0 atom stereocenters. The van der Waals surface area contributed by atoms with Crippen molar-refractivity contribution >= 4 is 28.4 Å². The van der Waals surface area contributed by atoms with Crippen molar-refractivity contribution in [3.05, 3.63) is 40.8 Å². The quantitative estimate of drug-likeness (QED) is 0.526. The van der Waals surface area contributed by atoms with Crippen LogP contribution in [0.5, 0.6) is 0 Å². The van der Waals surface area contributed by atoms with Crippen molar-refractivity contribution in [2.24, 2.45) is 7.05 Å². The lowest BCUT2D eigenvalue weighted by molar-refractivity contribution is 0.173. The number of piperidine rings is 1. The van der Waals surface area contributed by atoms with Crippen molar-refractivity contribution in [3.8, 4) is 6.07 Å². The van der Waals surface area contributed by atoms with E-state index in [1.165, 1.54) is 10.9 Å². The Balaban J connectivity index is 1.62. The van der Waals surface area contributed by atoms with Crippen LogP contribution in [0.2, 0.25) is 0 Å². The third-order valence-corrected chi connectivity index (χ3v) is 6.12. The van der Waals surface area contributed by atoms with Gasteiger partial charge >= 0.3 is 5.69 Å². The number of aryl methyl sites for hydroxylation is 2. The maximum atomic E-state index is 13.1. The second kappa shape index (κ2) is 6.88. The van der Waals surface area contributed by atoms with Gasteiger partial charge in [0.05, 0.1) is 24.2 Å². The number of nitriles is 1. The molecule has 0 spiro atoms. The number of fused-ring (bicyclic) bond motifs is 2. The van der Waals surface area contributed by atoms with Gasteiger partial charge in [-0.1, -0.05) is 0 Å². The molecule has 31 heavy (non-hydrogen) atoms. The van der Waals surface area contributed by atoms with Crippen LogP contribution in [0.15, 0.2) is 29.6 Å². The molecule has 0 amide bonds. The van der Waals surface area contributed by atoms with Crippen LogP contribution in [0.4, 0.5) is 11.6 Å². The third kappa shape index (κ3) is 2.95. The lowest BCUT2D eigenvalue weighted by Gasteiger charge is -2.35. The van der Waals surface area contributed by atoms with Crippen LogP contribution in [-0.4, -0.2) is 58.7 Å². The van der Waals surface area contributed by atoms with E-state index in [0.29, 0.717) is 30.0 Å². The maximum absolute atomic E-state index is 13.1. The molecule has 158 valence electrons. The highest BCUT2D eigenvalue weighted by Gasteiger charge is 2.39. The molecule has 1 fully saturated rings. The summed E-state index contributed by atoms with van der Waals surface area (Å²) in [5.74, 6) is 0.343. The number of nitrogens with zero attached hydrogens (tertiary/aromatic N) is 9. The van der Waals surface area contributed by atoms with Gasteiger partial charge in [0.2, 0.25) is 5.95 Å². The monoisotopic (exact) mass is 418 g/mol. The fourth-order valence-electron chi connectivity index (χ4n) is 4.14. The highest BCUT2D eigenvalue weighted by atomic mass is 16.2. The average Bonchev–Trinajstić information content (AvgIpc) is 3.31. The van der Waals surface area contributed by atoms with E-state index in [4.69, 9.17) is 0 Å². The van der Waals surface area contributed by atoms with Crippen molar-refractivity contribution in [1.29, 1.82) is 5.26 Å². The van der Waals surface area contributed by atoms with Gasteiger partial charge in [-0.15, -0.1) is 0 Å². The first-order chi connectivity index (χ1) is 14.9. The van der Waals surface area contributed by atoms with Crippen LogP contribution in [0.3, 0.4) is 0 Å². The van der Waals surface area contributed by atoms with E-state index in [9.17, 15) is 10.1 Å². The van der Waals surface area contributed by atoms with Crippen LogP contribution in [-0.2, 0) is 12.6 Å². The van der Waals surface area contributed by atoms with E-state index < -0.39 is 5.54 Å². The van der Waals surface area contributed by atoms with Crippen LogP contribution >= 0.6 is 0 Å². The van der Waals surface area contributed by atoms with Crippen molar-refractivity contribution in [2.45, 2.75) is 25.3 Å². The topological polar surface area (TPSA) is 122 Å². The van der Waals surface area contributed by atoms with Crippen LogP contribution in [0.25, 0.3) is 16.8 Å². The molecule has 4 aromatic heterocycles. The van der Waals surface area contributed by atoms with E-state index in [-0.39, 0.29) is 5.69 Å². The first-order valence-corrected chi connectivity index (χ1v) is 10.0. The summed E-state index contributed by atoms with van der Waals surface area (Å²) in [5.41, 5.74) is 2.34. The van der Waals surface area contributed by atoms with Crippen molar-refractivity contribution < 1.29 is 0 Å². The second-order valence-corrected chi connectivity index (χ2v) is 8.08. The SMILES string of the molecule is Cc1cc2ncnn2cc1Nc1ncc2c(n1)n(C1(C#N)CCN(C)CC1)c(=O)n2C. The van der Waals surface area contributed by atoms with E-state index in [1.54, 1.807) is 22.3 Å². The molecule has 1 N–H and O–H groups in total. The summed E-state index contributed by atoms with van der Waals surface area (Å²) in [4.78, 5) is 28.5. The summed E-state index contributed by atoms with van der Waals surface area (Å²) in [6.07, 6.45) is 6.05. The van der Waals surface area contributed by atoms with Gasteiger partial charge in [-0.05, 0) is 38.4 Å². The Morgan fingerprint density at radius 3 is 2.74 bits per heavy atom. The number of anilines is 2. The van der Waals surface area contributed by atoms with E-state index in [0.717, 1.165) is 30.0 Å². The predicted octanol–water partition coefficient (Wildman–Crippen LogP) is 1.17. The zero-order chi connectivity index (χ0) is 21.8. The van der Waals surface area contributed by atoms with Gasteiger partial charge < -0.3 is 10.2 Å². The molecule has 5 rings (SSSR count). The van der Waals surface area contributed by atoms with Gasteiger partial charge in [-0.3, -0.25) is 9.13 Å². The molecular formula is C20H22N10O. The number of likely N-dealkylation sites (tertiary alicyclic amines) is 1. The second-order valence-electron chi connectivity index (χ2n) is 8.08. The number of aromatic nitrogens is 7. The van der Waals surface area contributed by atoms with Gasteiger partial charge in [0.25, 0.3) is 0 Å². The fourth-order valence-corrected chi connectivity index (χ4v) is 4.14. The smallest absolute Gasteiger partial charge is 0.323 e. The highest BCUT2D eigenvalue weighted by molar-refractivity contribution is 5.74. The number of nitrogens with one attached hydrogen (secondary N) is 1. The molecule has 0 bridgehead atoms. The molecule has 11 heteroatoms. The number of rotatable bonds is 3. The number of hydrogen-bond acceptors (Lipinski definition) is 8. The minimum atomic E-state index is -0.926. The summed E-state index contributed by atoms with van der Waals surface area (Å²) in [5, 5.41) is 17.5. The van der Waals surface area contributed by atoms with E-state index in [1.807, 2.05) is 26.2 Å². The summed E-state index contributed by atoms with van der Waals surface area (Å²) in [6, 6.07) is 4.33. The molecule has 5 heterocycles. The summed E-state index contributed by atoms with van der Waals surface area (Å²) in [7, 11) is 3.70. The van der Waals surface area contributed by atoms with E-state index >= 15 is 0 Å². The Bertz CT molecular complexity index is 1400. The lowest BCUT2D eigenvalue weighted by Crippen LogP contribution is -2.48. The number of imidazole rings is 1. The standard InChI is InChI=1S/C20H22N10O/c1-13-8-16-23-12-24-29(16)10-14(13)25-18-22-9-15-17(26-18)30(19(31)28(15)3)20(11-21)4-6-27(2)7-5-20/h8-10,12H,4-7H2,1-3H3,(H,22,25,26). The Kier molecular flexibility index (Phi) is 4.26. The molecule has 1 saturated heterocycles. The third-order valence-electron chi connectivity index (χ3n) is 6.12. The Hall–Kier alpha value is -3.78. The molecule has 0 saturated carbocycles. The van der Waals surface area contributed by atoms with Gasteiger partial charge in [0.15, 0.2) is 11.3 Å². The van der Waals surface area contributed by atoms with Gasteiger partial charge in [0.1, 0.15) is 17.4 Å². The normalized spacial score (nSPS) is 16.6. The average molecular weight is 418 g/mol. The molecule has 4 aromatic rings. The Labute approximate surface area is 177 Å². The van der Waals surface area contributed by atoms with Gasteiger partial charge in [-0.2, -0.15) is 15.3 Å². The predicted molar refractivity (Wildman–Crippen MR) is 114 cm³/mol. The maximum Gasteiger partial charge on any atom is 0.331 e. The first-order valence-electron chi connectivity index (χ1n) is 10.0. The lowest BCUT2D eigenvalue weighted by atomic mass is 9.89. The van der Waals surface area contributed by atoms with Crippen LogP contribution in [0, 0.1) is 18.3 Å². The molecular weight excluding hydrogens is 396 g/mol. The summed E-state index contributed by atoms with van der Waals surface area (Å²) >= 11 is 0. The number of hydrogen-bond donors (Lipinski definition) is 1. The molecule has 0 unspecified atom stereocenters. The van der Waals surface area contributed by atoms with E-state index in [2.05, 4.69) is 36.3 Å². The van der Waals surface area contributed by atoms with Crippen molar-refractivity contribution in [1.82, 2.24) is 38.6 Å². The van der Waals surface area contributed by atoms with Crippen molar-refractivity contribution in [3.63, 3.8) is 0 Å². The van der Waals surface area contributed by atoms with Crippen molar-refractivity contribution in [2.75, 3.05) is 25.5 Å². The summed E-state index contributed by atoms with van der Waals surface area (Å²) < 4.78 is 4.72. The fraction of sp³-hybridized carbons (Fsp3) is 0.400. The molecule has 0 aromatic carbocycles. The molecule has 1 aliphatic heterocycles.